The molecule has 0 spiro atoms. The fourth-order valence-corrected chi connectivity index (χ4v) is 3.04. The van der Waals surface area contributed by atoms with Crippen LogP contribution >= 0.6 is 34.2 Å². The highest BCUT2D eigenvalue weighted by Crippen LogP contribution is 2.17. The fraction of sp³-hybridized carbons (Fsp3) is 0.278. The first-order valence-electron chi connectivity index (χ1n) is 7.40. The maximum absolute atomic E-state index is 12.3. The van der Waals surface area contributed by atoms with Gasteiger partial charge in [-0.3, -0.25) is 4.79 Å². The smallest absolute Gasteiger partial charge is 0.252 e. The van der Waals surface area contributed by atoms with E-state index >= 15 is 0 Å². The third kappa shape index (κ3) is 5.19. The summed E-state index contributed by atoms with van der Waals surface area (Å²) in [6.07, 6.45) is 0.693. The van der Waals surface area contributed by atoms with Crippen molar-refractivity contribution in [3.05, 3.63) is 67.7 Å². The number of hydrogen-bond donors (Lipinski definition) is 2. The van der Waals surface area contributed by atoms with E-state index in [9.17, 15) is 9.90 Å². The van der Waals surface area contributed by atoms with Crippen molar-refractivity contribution in [1.29, 1.82) is 0 Å². The van der Waals surface area contributed by atoms with Crippen molar-refractivity contribution < 1.29 is 9.90 Å². The van der Waals surface area contributed by atoms with Crippen molar-refractivity contribution in [3.8, 4) is 0 Å². The van der Waals surface area contributed by atoms with E-state index in [-0.39, 0.29) is 18.4 Å². The minimum atomic E-state index is -0.104. The van der Waals surface area contributed by atoms with E-state index in [0.717, 1.165) is 14.7 Å². The molecule has 0 aliphatic rings. The highest BCUT2D eigenvalue weighted by molar-refractivity contribution is 14.1. The zero-order valence-electron chi connectivity index (χ0n) is 12.9. The lowest BCUT2D eigenvalue weighted by molar-refractivity contribution is 0.0939. The van der Waals surface area contributed by atoms with Gasteiger partial charge in [-0.1, -0.05) is 35.9 Å². The molecule has 23 heavy (non-hydrogen) atoms. The predicted molar refractivity (Wildman–Crippen MR) is 102 cm³/mol. The lowest BCUT2D eigenvalue weighted by Crippen LogP contribution is -2.32. The molecule has 0 fully saturated rings. The topological polar surface area (TPSA) is 49.3 Å². The van der Waals surface area contributed by atoms with Gasteiger partial charge in [0.05, 0.1) is 5.56 Å². The van der Waals surface area contributed by atoms with E-state index in [2.05, 4.69) is 27.9 Å². The van der Waals surface area contributed by atoms with Crippen molar-refractivity contribution in [2.24, 2.45) is 5.92 Å². The maximum atomic E-state index is 12.3. The lowest BCUT2D eigenvalue weighted by atomic mass is 10.00. The van der Waals surface area contributed by atoms with Gasteiger partial charge >= 0.3 is 0 Å². The Labute approximate surface area is 155 Å². The molecule has 1 atom stereocenters. The molecule has 0 radical (unpaired) electrons. The highest BCUT2D eigenvalue weighted by atomic mass is 127. The van der Waals surface area contributed by atoms with Gasteiger partial charge in [0, 0.05) is 27.7 Å². The zero-order chi connectivity index (χ0) is 16.8. The summed E-state index contributed by atoms with van der Waals surface area (Å²) in [7, 11) is 0. The first-order chi connectivity index (χ1) is 11.0. The molecular weight excluding hydrogens is 425 g/mol. The number of nitrogens with one attached hydrogen (secondary N) is 1. The Hall–Kier alpha value is -1.11. The Balaban J connectivity index is 1.96. The Morgan fingerprint density at radius 3 is 2.61 bits per heavy atom. The number of halogens is 2. The van der Waals surface area contributed by atoms with E-state index < -0.39 is 0 Å². The second kappa shape index (κ2) is 8.66. The summed E-state index contributed by atoms with van der Waals surface area (Å²) in [4.78, 5) is 12.3. The molecular formula is C18H19ClINO2. The third-order valence-corrected chi connectivity index (χ3v) is 5.37. The molecule has 0 aromatic heterocycles. The van der Waals surface area contributed by atoms with Gasteiger partial charge in [0.15, 0.2) is 0 Å². The number of aliphatic hydroxyl groups excluding tert-OH is 1. The van der Waals surface area contributed by atoms with Crippen LogP contribution in [0.25, 0.3) is 0 Å². The van der Waals surface area contributed by atoms with Crippen molar-refractivity contribution in [2.75, 3.05) is 13.2 Å². The van der Waals surface area contributed by atoms with Crippen molar-refractivity contribution >= 4 is 40.1 Å². The van der Waals surface area contributed by atoms with Crippen LogP contribution < -0.4 is 5.32 Å². The van der Waals surface area contributed by atoms with Crippen LogP contribution in [0.3, 0.4) is 0 Å². The van der Waals surface area contributed by atoms with Crippen molar-refractivity contribution in [1.82, 2.24) is 5.32 Å². The molecule has 0 heterocycles. The molecule has 2 rings (SSSR count). The molecule has 0 aliphatic carbocycles. The van der Waals surface area contributed by atoms with E-state index in [1.807, 2.05) is 49.4 Å². The van der Waals surface area contributed by atoms with Gasteiger partial charge in [0.25, 0.3) is 5.91 Å². The highest BCUT2D eigenvalue weighted by Gasteiger charge is 2.14. The summed E-state index contributed by atoms with van der Waals surface area (Å²) in [5, 5.41) is 13.2. The second-order valence-electron chi connectivity index (χ2n) is 5.53. The number of carbonyl (C=O) groups excluding carboxylic acids is 1. The fourth-order valence-electron chi connectivity index (χ4n) is 2.31. The molecule has 0 aliphatic heterocycles. The lowest BCUT2D eigenvalue weighted by Gasteiger charge is -2.16. The van der Waals surface area contributed by atoms with Crippen molar-refractivity contribution in [3.63, 3.8) is 0 Å². The van der Waals surface area contributed by atoms with Gasteiger partial charge in [0.2, 0.25) is 0 Å². The summed E-state index contributed by atoms with van der Waals surface area (Å²) in [6, 6.07) is 13.2. The SMILES string of the molecule is Cc1cccc(C(=O)NCC(CO)Cc2ccc(Cl)cc2)c1I. The molecule has 0 bridgehead atoms. The molecule has 1 unspecified atom stereocenters. The monoisotopic (exact) mass is 443 g/mol. The Morgan fingerprint density at radius 2 is 1.96 bits per heavy atom. The standard InChI is InChI=1S/C18H19ClINO2/c1-12-3-2-4-16(17(12)20)18(23)21-10-14(11-22)9-13-5-7-15(19)8-6-13/h2-8,14,22H,9-11H2,1H3,(H,21,23). The number of rotatable bonds is 6. The number of carbonyl (C=O) groups is 1. The summed E-state index contributed by atoms with van der Waals surface area (Å²) in [6.45, 7) is 2.44. The summed E-state index contributed by atoms with van der Waals surface area (Å²) in [5.74, 6) is -0.129. The van der Waals surface area contributed by atoms with Crippen LogP contribution in [0.1, 0.15) is 21.5 Å². The number of aryl methyl sites for hydroxylation is 1. The third-order valence-electron chi connectivity index (χ3n) is 3.68. The largest absolute Gasteiger partial charge is 0.396 e. The average molecular weight is 444 g/mol. The summed E-state index contributed by atoms with van der Waals surface area (Å²) >= 11 is 8.06. The first-order valence-corrected chi connectivity index (χ1v) is 8.85. The molecule has 122 valence electrons. The zero-order valence-corrected chi connectivity index (χ0v) is 15.8. The quantitative estimate of drug-likeness (QED) is 0.667. The Morgan fingerprint density at radius 1 is 1.26 bits per heavy atom. The van der Waals surface area contributed by atoms with Crippen LogP contribution in [0, 0.1) is 16.4 Å². The summed E-state index contributed by atoms with van der Waals surface area (Å²) < 4.78 is 0.959. The minimum Gasteiger partial charge on any atom is -0.396 e. The number of amides is 1. The van der Waals surface area contributed by atoms with Crippen LogP contribution in [-0.2, 0) is 6.42 Å². The molecule has 0 saturated heterocycles. The normalized spacial score (nSPS) is 12.0. The molecule has 2 N–H and O–H groups in total. The van der Waals surface area contributed by atoms with Gasteiger partial charge < -0.3 is 10.4 Å². The molecule has 1 amide bonds. The van der Waals surface area contributed by atoms with E-state index in [1.54, 1.807) is 0 Å². The number of hydrogen-bond acceptors (Lipinski definition) is 2. The Kier molecular flexibility index (Phi) is 6.87. The molecule has 5 heteroatoms. The van der Waals surface area contributed by atoms with Gasteiger partial charge in [-0.2, -0.15) is 0 Å². The molecule has 0 saturated carbocycles. The van der Waals surface area contributed by atoms with Gasteiger partial charge in [-0.25, -0.2) is 0 Å². The average Bonchev–Trinajstić information content (AvgIpc) is 2.55. The second-order valence-corrected chi connectivity index (χ2v) is 7.04. The van der Waals surface area contributed by atoms with Crippen molar-refractivity contribution in [2.45, 2.75) is 13.3 Å². The first kappa shape index (κ1) is 18.2. The maximum Gasteiger partial charge on any atom is 0.252 e. The molecule has 2 aromatic carbocycles. The number of aliphatic hydroxyl groups is 1. The van der Waals surface area contributed by atoms with Gasteiger partial charge in [0.1, 0.15) is 0 Å². The molecule has 3 nitrogen and oxygen atoms in total. The van der Waals surface area contributed by atoms with Crippen LogP contribution in [0.15, 0.2) is 42.5 Å². The van der Waals surface area contributed by atoms with Gasteiger partial charge in [-0.05, 0) is 65.3 Å². The van der Waals surface area contributed by atoms with Crippen LogP contribution in [0.4, 0.5) is 0 Å². The van der Waals surface area contributed by atoms with Crippen LogP contribution in [0.5, 0.6) is 0 Å². The molecule has 2 aromatic rings. The predicted octanol–water partition coefficient (Wildman–Crippen LogP) is 3.83. The van der Waals surface area contributed by atoms with Gasteiger partial charge in [-0.15, -0.1) is 0 Å². The Bertz CT molecular complexity index is 673. The van der Waals surface area contributed by atoms with Crippen LogP contribution in [0.2, 0.25) is 5.02 Å². The van der Waals surface area contributed by atoms with E-state index in [1.165, 1.54) is 0 Å². The summed E-state index contributed by atoms with van der Waals surface area (Å²) in [5.41, 5.74) is 2.85. The van der Waals surface area contributed by atoms with E-state index in [0.29, 0.717) is 23.6 Å². The minimum absolute atomic E-state index is 0.0216. The van der Waals surface area contributed by atoms with E-state index in [4.69, 9.17) is 11.6 Å². The number of benzene rings is 2. The van der Waals surface area contributed by atoms with Crippen LogP contribution in [-0.4, -0.2) is 24.2 Å².